The van der Waals surface area contributed by atoms with E-state index in [2.05, 4.69) is 4.72 Å². The molecule has 124 valence electrons. The number of carbonyl (C=O) groups is 1. The summed E-state index contributed by atoms with van der Waals surface area (Å²) in [6.07, 6.45) is 0.657. The molecule has 0 saturated carbocycles. The van der Waals surface area contributed by atoms with E-state index in [4.69, 9.17) is 4.74 Å². The smallest absolute Gasteiger partial charge is 0.219 e. The van der Waals surface area contributed by atoms with Crippen LogP contribution in [0.1, 0.15) is 19.4 Å². The van der Waals surface area contributed by atoms with Crippen LogP contribution in [0.5, 0.6) is 5.75 Å². The summed E-state index contributed by atoms with van der Waals surface area (Å²) in [5.74, 6) is 0.747. The zero-order valence-corrected chi connectivity index (χ0v) is 14.1. The Morgan fingerprint density at radius 3 is 2.55 bits per heavy atom. The highest BCUT2D eigenvalue weighted by atomic mass is 32.2. The van der Waals surface area contributed by atoms with Crippen molar-refractivity contribution in [2.24, 2.45) is 0 Å². The largest absolute Gasteiger partial charge is 0.496 e. The van der Waals surface area contributed by atoms with Crippen LogP contribution in [0, 0.1) is 0 Å². The molecule has 1 amide bonds. The lowest BCUT2D eigenvalue weighted by Crippen LogP contribution is -2.39. The minimum absolute atomic E-state index is 0.0360. The molecular formula is C15H24N2O4S. The number of nitrogens with zero attached hydrogens (tertiary/aromatic N) is 1. The highest BCUT2D eigenvalue weighted by molar-refractivity contribution is 7.89. The van der Waals surface area contributed by atoms with Gasteiger partial charge in [-0.05, 0) is 25.0 Å². The standard InChI is InChI=1S/C15H24N2O4S/c1-4-22(19,20)16-10-12-17(13(2)18)11-9-14-7-5-6-8-15(14)21-3/h5-8,16H,4,9-12H2,1-3H3. The molecule has 6 nitrogen and oxygen atoms in total. The molecule has 0 aliphatic carbocycles. The van der Waals surface area contributed by atoms with E-state index >= 15 is 0 Å². The second-order valence-corrected chi connectivity index (χ2v) is 6.96. The molecule has 0 atom stereocenters. The average Bonchev–Trinajstić information content (AvgIpc) is 2.50. The summed E-state index contributed by atoms with van der Waals surface area (Å²) < 4.78 is 30.5. The first-order chi connectivity index (χ1) is 10.4. The summed E-state index contributed by atoms with van der Waals surface area (Å²) in [5.41, 5.74) is 1.02. The Labute approximate surface area is 132 Å². The molecule has 22 heavy (non-hydrogen) atoms. The van der Waals surface area contributed by atoms with Gasteiger partial charge in [0.05, 0.1) is 12.9 Å². The molecule has 0 aliphatic heterocycles. The van der Waals surface area contributed by atoms with Gasteiger partial charge in [0.1, 0.15) is 5.75 Å². The second kappa shape index (κ2) is 8.75. The number of rotatable bonds is 9. The quantitative estimate of drug-likeness (QED) is 0.734. The Morgan fingerprint density at radius 1 is 1.27 bits per heavy atom. The monoisotopic (exact) mass is 328 g/mol. The van der Waals surface area contributed by atoms with E-state index in [1.165, 1.54) is 6.92 Å². The molecule has 0 unspecified atom stereocenters. The molecular weight excluding hydrogens is 304 g/mol. The number of para-hydroxylation sites is 1. The fourth-order valence-electron chi connectivity index (χ4n) is 2.03. The van der Waals surface area contributed by atoms with Gasteiger partial charge in [0.15, 0.2) is 0 Å². The molecule has 0 aliphatic rings. The summed E-state index contributed by atoms with van der Waals surface area (Å²) >= 11 is 0. The van der Waals surface area contributed by atoms with Gasteiger partial charge in [-0.3, -0.25) is 4.79 Å². The van der Waals surface area contributed by atoms with Crippen molar-refractivity contribution in [3.63, 3.8) is 0 Å². The van der Waals surface area contributed by atoms with Crippen molar-refractivity contribution in [3.8, 4) is 5.75 Å². The number of hydrogen-bond acceptors (Lipinski definition) is 4. The van der Waals surface area contributed by atoms with E-state index in [1.54, 1.807) is 18.9 Å². The minimum atomic E-state index is -3.23. The highest BCUT2D eigenvalue weighted by Gasteiger charge is 2.12. The molecule has 1 aromatic carbocycles. The average molecular weight is 328 g/mol. The molecule has 0 aromatic heterocycles. The summed E-state index contributed by atoms with van der Waals surface area (Å²) in [4.78, 5) is 13.3. The van der Waals surface area contributed by atoms with Crippen LogP contribution in [0.15, 0.2) is 24.3 Å². The summed E-state index contributed by atoms with van der Waals surface area (Å²) in [5, 5.41) is 0. The molecule has 7 heteroatoms. The third-order valence-corrected chi connectivity index (χ3v) is 4.78. The Hall–Kier alpha value is -1.60. The van der Waals surface area contributed by atoms with Gasteiger partial charge in [-0.15, -0.1) is 0 Å². The molecule has 0 saturated heterocycles. The molecule has 1 rings (SSSR count). The van der Waals surface area contributed by atoms with Crippen molar-refractivity contribution in [2.75, 3.05) is 32.5 Å². The Balaban J connectivity index is 2.56. The van der Waals surface area contributed by atoms with Crippen LogP contribution >= 0.6 is 0 Å². The van der Waals surface area contributed by atoms with Crippen molar-refractivity contribution in [1.82, 2.24) is 9.62 Å². The number of amides is 1. The van der Waals surface area contributed by atoms with Crippen LogP contribution in [0.25, 0.3) is 0 Å². The number of nitrogens with one attached hydrogen (secondary N) is 1. The van der Waals surface area contributed by atoms with E-state index in [0.29, 0.717) is 19.5 Å². The fraction of sp³-hybridized carbons (Fsp3) is 0.533. The van der Waals surface area contributed by atoms with Gasteiger partial charge < -0.3 is 9.64 Å². The Kier molecular flexibility index (Phi) is 7.34. The first-order valence-corrected chi connectivity index (χ1v) is 8.89. The molecule has 0 fully saturated rings. The van der Waals surface area contributed by atoms with E-state index in [0.717, 1.165) is 11.3 Å². The molecule has 1 aromatic rings. The Bertz CT molecular complexity index is 587. The van der Waals surface area contributed by atoms with Gasteiger partial charge >= 0.3 is 0 Å². The van der Waals surface area contributed by atoms with Crippen molar-refractivity contribution in [3.05, 3.63) is 29.8 Å². The van der Waals surface area contributed by atoms with Crippen LogP contribution in [0.4, 0.5) is 0 Å². The predicted octanol–water partition coefficient (Wildman–Crippen LogP) is 1.03. The molecule has 0 bridgehead atoms. The summed E-state index contributed by atoms with van der Waals surface area (Å²) in [6, 6.07) is 7.65. The third-order valence-electron chi connectivity index (χ3n) is 3.37. The summed E-state index contributed by atoms with van der Waals surface area (Å²) in [7, 11) is -1.61. The number of methoxy groups -OCH3 is 1. The lowest BCUT2D eigenvalue weighted by molar-refractivity contribution is -0.128. The maximum absolute atomic E-state index is 11.7. The van der Waals surface area contributed by atoms with Gasteiger partial charge in [0.25, 0.3) is 0 Å². The molecule has 1 N–H and O–H groups in total. The van der Waals surface area contributed by atoms with Gasteiger partial charge in [-0.1, -0.05) is 18.2 Å². The molecule has 0 heterocycles. The first-order valence-electron chi connectivity index (χ1n) is 7.24. The lowest BCUT2D eigenvalue weighted by Gasteiger charge is -2.21. The van der Waals surface area contributed by atoms with Crippen LogP contribution in [0.3, 0.4) is 0 Å². The highest BCUT2D eigenvalue weighted by Crippen LogP contribution is 2.17. The number of sulfonamides is 1. The number of benzene rings is 1. The predicted molar refractivity (Wildman–Crippen MR) is 86.4 cm³/mol. The van der Waals surface area contributed by atoms with Crippen molar-refractivity contribution >= 4 is 15.9 Å². The zero-order chi connectivity index (χ0) is 16.6. The van der Waals surface area contributed by atoms with Crippen molar-refractivity contribution in [2.45, 2.75) is 20.3 Å². The van der Waals surface area contributed by atoms with E-state index in [9.17, 15) is 13.2 Å². The molecule has 0 spiro atoms. The first kappa shape index (κ1) is 18.4. The van der Waals surface area contributed by atoms with Crippen LogP contribution < -0.4 is 9.46 Å². The lowest BCUT2D eigenvalue weighted by atomic mass is 10.1. The normalized spacial score (nSPS) is 11.2. The third kappa shape index (κ3) is 6.03. The maximum Gasteiger partial charge on any atom is 0.219 e. The van der Waals surface area contributed by atoms with E-state index in [1.807, 2.05) is 24.3 Å². The van der Waals surface area contributed by atoms with Gasteiger partial charge in [-0.25, -0.2) is 13.1 Å². The maximum atomic E-state index is 11.7. The Morgan fingerprint density at radius 2 is 1.95 bits per heavy atom. The van der Waals surface area contributed by atoms with Crippen LogP contribution in [0.2, 0.25) is 0 Å². The number of carbonyl (C=O) groups excluding carboxylic acids is 1. The number of hydrogen-bond donors (Lipinski definition) is 1. The van der Waals surface area contributed by atoms with Crippen LogP contribution in [-0.2, 0) is 21.2 Å². The van der Waals surface area contributed by atoms with Gasteiger partial charge in [0.2, 0.25) is 15.9 Å². The SMILES string of the molecule is CCS(=O)(=O)NCCN(CCc1ccccc1OC)C(C)=O. The zero-order valence-electron chi connectivity index (χ0n) is 13.3. The van der Waals surface area contributed by atoms with Gasteiger partial charge in [-0.2, -0.15) is 0 Å². The van der Waals surface area contributed by atoms with E-state index in [-0.39, 0.29) is 18.2 Å². The minimum Gasteiger partial charge on any atom is -0.496 e. The summed E-state index contributed by atoms with van der Waals surface area (Å²) in [6.45, 7) is 4.15. The van der Waals surface area contributed by atoms with Gasteiger partial charge in [0, 0.05) is 26.6 Å². The number of ether oxygens (including phenoxy) is 1. The fourth-order valence-corrected chi connectivity index (χ4v) is 2.64. The van der Waals surface area contributed by atoms with E-state index < -0.39 is 10.0 Å². The molecule has 0 radical (unpaired) electrons. The van der Waals surface area contributed by atoms with Crippen molar-refractivity contribution < 1.29 is 17.9 Å². The topological polar surface area (TPSA) is 75.7 Å². The second-order valence-electron chi connectivity index (χ2n) is 4.87. The van der Waals surface area contributed by atoms with Crippen LogP contribution in [-0.4, -0.2) is 51.7 Å². The van der Waals surface area contributed by atoms with Crippen molar-refractivity contribution in [1.29, 1.82) is 0 Å².